The molecule has 0 saturated heterocycles. The van der Waals surface area contributed by atoms with Crippen LogP contribution in [0, 0.1) is 17.8 Å². The number of anilines is 2. The van der Waals surface area contributed by atoms with Gasteiger partial charge in [-0.25, -0.2) is 4.98 Å². The summed E-state index contributed by atoms with van der Waals surface area (Å²) in [6.07, 6.45) is 8.78. The van der Waals surface area contributed by atoms with Gasteiger partial charge in [-0.05, 0) is 61.4 Å². The molecule has 0 radical (unpaired) electrons. The van der Waals surface area contributed by atoms with Gasteiger partial charge in [0.2, 0.25) is 5.91 Å². The Bertz CT molecular complexity index is 908. The first-order valence-corrected chi connectivity index (χ1v) is 10.9. The van der Waals surface area contributed by atoms with Gasteiger partial charge in [-0.15, -0.1) is 0 Å². The van der Waals surface area contributed by atoms with Gasteiger partial charge in [0.15, 0.2) is 11.6 Å². The van der Waals surface area contributed by atoms with E-state index in [4.69, 9.17) is 4.74 Å². The van der Waals surface area contributed by atoms with Gasteiger partial charge >= 0.3 is 0 Å². The molecule has 30 heavy (non-hydrogen) atoms. The predicted molar refractivity (Wildman–Crippen MR) is 117 cm³/mol. The molecule has 0 spiro atoms. The fourth-order valence-corrected chi connectivity index (χ4v) is 4.00. The Balaban J connectivity index is 1.38. The molecule has 6 nitrogen and oxygen atoms in total. The summed E-state index contributed by atoms with van der Waals surface area (Å²) < 4.78 is 6.00. The van der Waals surface area contributed by atoms with E-state index in [0.717, 1.165) is 6.42 Å². The number of carbonyl (C=O) groups is 2. The Morgan fingerprint density at radius 1 is 1.10 bits per heavy atom. The lowest BCUT2D eigenvalue weighted by atomic mass is 9.90. The zero-order valence-electron chi connectivity index (χ0n) is 17.4. The van der Waals surface area contributed by atoms with E-state index in [1.807, 2.05) is 6.07 Å². The van der Waals surface area contributed by atoms with Gasteiger partial charge in [0.1, 0.15) is 0 Å². The molecule has 2 aliphatic rings. The smallest absolute Gasteiger partial charge is 0.256 e. The van der Waals surface area contributed by atoms with Crippen molar-refractivity contribution in [2.24, 2.45) is 17.8 Å². The molecule has 1 aromatic carbocycles. The van der Waals surface area contributed by atoms with Crippen molar-refractivity contribution in [2.45, 2.75) is 45.4 Å². The number of pyridine rings is 1. The molecule has 2 unspecified atom stereocenters. The number of nitrogens with zero attached hydrogens (tertiary/aromatic N) is 1. The van der Waals surface area contributed by atoms with Crippen molar-refractivity contribution in [1.82, 2.24) is 4.98 Å². The third-order valence-corrected chi connectivity index (χ3v) is 6.04. The highest BCUT2D eigenvalue weighted by atomic mass is 16.5. The Labute approximate surface area is 177 Å². The van der Waals surface area contributed by atoms with Crippen molar-refractivity contribution in [3.63, 3.8) is 0 Å². The highest BCUT2D eigenvalue weighted by Gasteiger charge is 2.39. The van der Waals surface area contributed by atoms with Gasteiger partial charge in [0, 0.05) is 23.4 Å². The molecular weight excluding hydrogens is 378 g/mol. The van der Waals surface area contributed by atoms with Crippen LogP contribution in [0.5, 0.6) is 5.75 Å². The number of nitrogens with one attached hydrogen (secondary N) is 2. The number of amides is 2. The number of hydrogen-bond acceptors (Lipinski definition) is 4. The molecular formula is C24H29N3O3. The largest absolute Gasteiger partial charge is 0.489 e. The summed E-state index contributed by atoms with van der Waals surface area (Å²) in [5, 5.41) is 5.75. The van der Waals surface area contributed by atoms with Crippen molar-refractivity contribution in [3.8, 4) is 5.75 Å². The summed E-state index contributed by atoms with van der Waals surface area (Å²) in [6, 6.07) is 10.6. The Kier molecular flexibility index (Phi) is 6.31. The lowest BCUT2D eigenvalue weighted by Gasteiger charge is -2.22. The minimum Gasteiger partial charge on any atom is -0.489 e. The van der Waals surface area contributed by atoms with Crippen LogP contribution in [0.15, 0.2) is 42.6 Å². The average molecular weight is 408 g/mol. The predicted octanol–water partition coefficient (Wildman–Crippen LogP) is 4.89. The van der Waals surface area contributed by atoms with Crippen LogP contribution in [0.4, 0.5) is 11.5 Å². The fourth-order valence-electron chi connectivity index (χ4n) is 4.00. The van der Waals surface area contributed by atoms with Crippen LogP contribution in [0.3, 0.4) is 0 Å². The number of benzene rings is 1. The van der Waals surface area contributed by atoms with Gasteiger partial charge < -0.3 is 15.4 Å². The first-order chi connectivity index (χ1) is 14.6. The van der Waals surface area contributed by atoms with Gasteiger partial charge in [0.25, 0.3) is 5.91 Å². The zero-order valence-corrected chi connectivity index (χ0v) is 17.4. The summed E-state index contributed by atoms with van der Waals surface area (Å²) in [5.41, 5.74) is 1.09. The van der Waals surface area contributed by atoms with Crippen LogP contribution in [0.1, 0.15) is 55.8 Å². The second-order valence-electron chi connectivity index (χ2n) is 8.51. The molecule has 0 bridgehead atoms. The van der Waals surface area contributed by atoms with E-state index >= 15 is 0 Å². The number of carbonyl (C=O) groups excluding carboxylic acids is 2. The van der Waals surface area contributed by atoms with Crippen LogP contribution >= 0.6 is 0 Å². The summed E-state index contributed by atoms with van der Waals surface area (Å²) in [4.78, 5) is 29.2. The van der Waals surface area contributed by atoms with Crippen molar-refractivity contribution in [3.05, 3.63) is 48.2 Å². The normalized spacial score (nSPS) is 21.0. The molecule has 1 aromatic heterocycles. The van der Waals surface area contributed by atoms with Crippen LogP contribution in [-0.2, 0) is 4.79 Å². The van der Waals surface area contributed by atoms with E-state index in [2.05, 4.69) is 22.5 Å². The first kappa shape index (κ1) is 20.4. The summed E-state index contributed by atoms with van der Waals surface area (Å²) in [7, 11) is 0. The lowest BCUT2D eigenvalue weighted by Crippen LogP contribution is -2.18. The molecule has 2 N–H and O–H groups in total. The maximum absolute atomic E-state index is 12.8. The van der Waals surface area contributed by atoms with E-state index in [1.54, 1.807) is 36.5 Å². The minimum atomic E-state index is -0.285. The second-order valence-corrected chi connectivity index (χ2v) is 8.51. The molecule has 2 atom stereocenters. The number of ether oxygens (including phenoxy) is 1. The van der Waals surface area contributed by atoms with E-state index in [1.165, 1.54) is 32.1 Å². The molecule has 1 heterocycles. The Morgan fingerprint density at radius 3 is 2.67 bits per heavy atom. The maximum atomic E-state index is 12.8. The van der Waals surface area contributed by atoms with E-state index in [-0.39, 0.29) is 17.7 Å². The highest BCUT2D eigenvalue weighted by Crippen LogP contribution is 2.38. The molecule has 158 valence electrons. The molecule has 2 saturated carbocycles. The summed E-state index contributed by atoms with van der Waals surface area (Å²) in [6.45, 7) is 2.71. The SMILES string of the molecule is CC1CC1C(=O)Nc1cccc(C(=O)Nc2ncccc2OCC2CCCCC2)c1. The molecule has 2 aliphatic carbocycles. The summed E-state index contributed by atoms with van der Waals surface area (Å²) in [5.74, 6) is 1.82. The van der Waals surface area contributed by atoms with Crippen LogP contribution < -0.4 is 15.4 Å². The Morgan fingerprint density at radius 2 is 1.90 bits per heavy atom. The van der Waals surface area contributed by atoms with Crippen LogP contribution in [0.2, 0.25) is 0 Å². The molecule has 2 aromatic rings. The van der Waals surface area contributed by atoms with Gasteiger partial charge in [-0.3, -0.25) is 9.59 Å². The topological polar surface area (TPSA) is 80.3 Å². The fraction of sp³-hybridized carbons (Fsp3) is 0.458. The quantitative estimate of drug-likeness (QED) is 0.685. The Hall–Kier alpha value is -2.89. The first-order valence-electron chi connectivity index (χ1n) is 10.9. The minimum absolute atomic E-state index is 0.0168. The van der Waals surface area contributed by atoms with Crippen LogP contribution in [0.25, 0.3) is 0 Å². The van der Waals surface area contributed by atoms with Crippen molar-refractivity contribution in [2.75, 3.05) is 17.2 Å². The van der Waals surface area contributed by atoms with Gasteiger partial charge in [-0.2, -0.15) is 0 Å². The molecule has 0 aliphatic heterocycles. The molecule has 2 amide bonds. The second kappa shape index (κ2) is 9.28. The molecule has 4 rings (SSSR count). The lowest BCUT2D eigenvalue weighted by molar-refractivity contribution is -0.117. The van der Waals surface area contributed by atoms with E-state index in [9.17, 15) is 9.59 Å². The monoisotopic (exact) mass is 407 g/mol. The zero-order chi connectivity index (χ0) is 20.9. The summed E-state index contributed by atoms with van der Waals surface area (Å²) >= 11 is 0. The van der Waals surface area contributed by atoms with Crippen molar-refractivity contribution >= 4 is 23.3 Å². The van der Waals surface area contributed by atoms with Crippen molar-refractivity contribution in [1.29, 1.82) is 0 Å². The van der Waals surface area contributed by atoms with Crippen LogP contribution in [-0.4, -0.2) is 23.4 Å². The third kappa shape index (κ3) is 5.17. The van der Waals surface area contributed by atoms with E-state index in [0.29, 0.717) is 41.3 Å². The van der Waals surface area contributed by atoms with Crippen molar-refractivity contribution < 1.29 is 14.3 Å². The maximum Gasteiger partial charge on any atom is 0.256 e. The number of hydrogen-bond donors (Lipinski definition) is 2. The molecule has 6 heteroatoms. The number of aromatic nitrogens is 1. The van der Waals surface area contributed by atoms with Gasteiger partial charge in [-0.1, -0.05) is 32.3 Å². The standard InChI is InChI=1S/C24H29N3O3/c1-16-13-20(16)24(29)26-19-10-5-9-18(14-19)23(28)27-22-21(11-6-12-25-22)30-15-17-7-3-2-4-8-17/h5-6,9-12,14,16-17,20H,2-4,7-8,13,15H2,1H3,(H,26,29)(H,25,27,28). The number of rotatable bonds is 7. The average Bonchev–Trinajstić information content (AvgIpc) is 3.51. The highest BCUT2D eigenvalue weighted by molar-refractivity contribution is 6.05. The third-order valence-electron chi connectivity index (χ3n) is 6.04. The molecule has 2 fully saturated rings. The van der Waals surface area contributed by atoms with E-state index < -0.39 is 0 Å². The van der Waals surface area contributed by atoms with Gasteiger partial charge in [0.05, 0.1) is 6.61 Å².